The number of carbonyl (C=O) groups excluding carboxylic acids is 1. The van der Waals surface area contributed by atoms with Gasteiger partial charge in [-0.15, -0.1) is 0 Å². The molecule has 0 saturated carbocycles. The molecule has 0 N–H and O–H groups in total. The summed E-state index contributed by atoms with van der Waals surface area (Å²) in [5, 5.41) is 0. The quantitative estimate of drug-likeness (QED) is 0.447. The average molecular weight is 235 g/mol. The zero-order valence-electron chi connectivity index (χ0n) is 10.4. The molecule has 5 nitrogen and oxygen atoms in total. The molecule has 1 atom stereocenters. The van der Waals surface area contributed by atoms with E-state index in [-0.39, 0.29) is 12.0 Å². The molecule has 0 aromatic heterocycles. The SMILES string of the molecule is COC(C[SiH3])C(OC)(OC)N(C)C(C)=O. The van der Waals surface area contributed by atoms with Crippen LogP contribution < -0.4 is 0 Å². The van der Waals surface area contributed by atoms with E-state index in [4.69, 9.17) is 14.2 Å². The van der Waals surface area contributed by atoms with E-state index in [2.05, 4.69) is 0 Å². The number of likely N-dealkylation sites (N-methyl/N-ethyl adjacent to an activating group) is 1. The van der Waals surface area contributed by atoms with Crippen LogP contribution in [0.3, 0.4) is 0 Å². The Hall–Kier alpha value is -0.433. The van der Waals surface area contributed by atoms with E-state index >= 15 is 0 Å². The minimum Gasteiger partial charge on any atom is -0.374 e. The van der Waals surface area contributed by atoms with Crippen LogP contribution in [0.4, 0.5) is 0 Å². The largest absolute Gasteiger partial charge is 0.374 e. The number of methoxy groups -OCH3 is 3. The fourth-order valence-electron chi connectivity index (χ4n) is 1.63. The van der Waals surface area contributed by atoms with E-state index in [0.717, 1.165) is 16.3 Å². The molecule has 0 saturated heterocycles. The topological polar surface area (TPSA) is 48.0 Å². The van der Waals surface area contributed by atoms with E-state index in [0.29, 0.717) is 0 Å². The molecule has 0 aromatic rings. The van der Waals surface area contributed by atoms with Crippen LogP contribution in [-0.4, -0.2) is 61.4 Å². The first kappa shape index (κ1) is 14.6. The minimum absolute atomic E-state index is 0.129. The van der Waals surface area contributed by atoms with Crippen LogP contribution in [0, 0.1) is 0 Å². The Morgan fingerprint density at radius 2 is 1.87 bits per heavy atom. The van der Waals surface area contributed by atoms with Gasteiger partial charge in [-0.3, -0.25) is 9.69 Å². The highest BCUT2D eigenvalue weighted by atomic mass is 28.1. The monoisotopic (exact) mass is 235 g/mol. The first-order chi connectivity index (χ1) is 6.99. The van der Waals surface area contributed by atoms with E-state index < -0.39 is 5.91 Å². The second kappa shape index (κ2) is 6.22. The number of carbonyl (C=O) groups is 1. The third-order valence-electron chi connectivity index (χ3n) is 2.59. The Labute approximate surface area is 94.1 Å². The van der Waals surface area contributed by atoms with Gasteiger partial charge in [0.15, 0.2) is 0 Å². The van der Waals surface area contributed by atoms with E-state index in [1.165, 1.54) is 26.0 Å². The van der Waals surface area contributed by atoms with Crippen molar-refractivity contribution in [3.63, 3.8) is 0 Å². The van der Waals surface area contributed by atoms with Crippen LogP contribution in [0.2, 0.25) is 6.04 Å². The molecule has 0 aromatic carbocycles. The van der Waals surface area contributed by atoms with E-state index in [1.807, 2.05) is 0 Å². The van der Waals surface area contributed by atoms with Gasteiger partial charge in [-0.25, -0.2) is 0 Å². The van der Waals surface area contributed by atoms with Crippen molar-refractivity contribution < 1.29 is 19.0 Å². The van der Waals surface area contributed by atoms with Crippen molar-refractivity contribution in [2.45, 2.75) is 25.0 Å². The molecule has 0 aliphatic carbocycles. The second-order valence-corrected chi connectivity index (χ2v) is 4.07. The minimum atomic E-state index is -1.12. The highest BCUT2D eigenvalue weighted by Crippen LogP contribution is 2.25. The van der Waals surface area contributed by atoms with Crippen LogP contribution in [0.25, 0.3) is 0 Å². The summed E-state index contributed by atoms with van der Waals surface area (Å²) in [6.07, 6.45) is -0.270. The van der Waals surface area contributed by atoms with Gasteiger partial charge in [-0.1, -0.05) is 0 Å². The predicted molar refractivity (Wildman–Crippen MR) is 60.7 cm³/mol. The standard InChI is InChI=1S/C9H21NO4Si/c1-7(11)10(2)9(13-4,14-5)8(6-15)12-3/h8H,6H2,1-5,15H3. The summed E-state index contributed by atoms with van der Waals surface area (Å²) < 4.78 is 16.0. The van der Waals surface area contributed by atoms with Gasteiger partial charge < -0.3 is 14.2 Å². The summed E-state index contributed by atoms with van der Waals surface area (Å²) in [7, 11) is 7.18. The normalized spacial score (nSPS) is 13.9. The van der Waals surface area contributed by atoms with Gasteiger partial charge in [0, 0.05) is 45.5 Å². The summed E-state index contributed by atoms with van der Waals surface area (Å²) in [5.74, 6) is -1.25. The molecule has 90 valence electrons. The molecular weight excluding hydrogens is 214 g/mol. The zero-order chi connectivity index (χ0) is 12.1. The summed E-state index contributed by atoms with van der Waals surface area (Å²) >= 11 is 0. The number of ether oxygens (including phenoxy) is 3. The Morgan fingerprint density at radius 1 is 1.40 bits per heavy atom. The third kappa shape index (κ3) is 2.78. The Morgan fingerprint density at radius 3 is 2.07 bits per heavy atom. The average Bonchev–Trinajstić information content (AvgIpc) is 2.25. The molecule has 0 radical (unpaired) electrons. The molecule has 0 rings (SSSR count). The van der Waals surface area contributed by atoms with Gasteiger partial charge in [0.1, 0.15) is 6.10 Å². The maximum Gasteiger partial charge on any atom is 0.280 e. The van der Waals surface area contributed by atoms with Crippen molar-refractivity contribution in [1.82, 2.24) is 4.90 Å². The molecule has 6 heteroatoms. The van der Waals surface area contributed by atoms with Crippen molar-refractivity contribution in [1.29, 1.82) is 0 Å². The summed E-state index contributed by atoms with van der Waals surface area (Å²) in [5.41, 5.74) is 0. The highest BCUT2D eigenvalue weighted by molar-refractivity contribution is 6.09. The lowest BCUT2D eigenvalue weighted by Gasteiger charge is -2.42. The fraction of sp³-hybridized carbons (Fsp3) is 0.889. The predicted octanol–water partition coefficient (Wildman–Crippen LogP) is -0.790. The van der Waals surface area contributed by atoms with Gasteiger partial charge in [0.05, 0.1) is 0 Å². The number of amides is 1. The molecule has 0 fully saturated rings. The number of hydrogen-bond acceptors (Lipinski definition) is 4. The zero-order valence-corrected chi connectivity index (χ0v) is 12.4. The van der Waals surface area contributed by atoms with E-state index in [9.17, 15) is 4.79 Å². The van der Waals surface area contributed by atoms with Crippen molar-refractivity contribution in [3.8, 4) is 0 Å². The van der Waals surface area contributed by atoms with Gasteiger partial charge in [0.2, 0.25) is 5.91 Å². The smallest absolute Gasteiger partial charge is 0.280 e. The van der Waals surface area contributed by atoms with Gasteiger partial charge in [0.25, 0.3) is 5.91 Å². The molecule has 1 amide bonds. The molecule has 15 heavy (non-hydrogen) atoms. The molecular formula is C9H21NO4Si. The Kier molecular flexibility index (Phi) is 6.04. The number of nitrogens with zero attached hydrogens (tertiary/aromatic N) is 1. The molecule has 0 bridgehead atoms. The number of rotatable bonds is 6. The molecule has 0 aliphatic rings. The third-order valence-corrected chi connectivity index (χ3v) is 3.33. The Balaban J connectivity index is 5.09. The number of hydrogen-bond donors (Lipinski definition) is 0. The van der Waals surface area contributed by atoms with E-state index in [1.54, 1.807) is 14.2 Å². The van der Waals surface area contributed by atoms with Crippen LogP contribution in [0.5, 0.6) is 0 Å². The van der Waals surface area contributed by atoms with Crippen LogP contribution >= 0.6 is 0 Å². The van der Waals surface area contributed by atoms with Gasteiger partial charge in [-0.2, -0.15) is 0 Å². The lowest BCUT2D eigenvalue weighted by atomic mass is 10.2. The van der Waals surface area contributed by atoms with Crippen molar-refractivity contribution >= 4 is 16.1 Å². The lowest BCUT2D eigenvalue weighted by Crippen LogP contribution is -2.60. The first-order valence-electron chi connectivity index (χ1n) is 4.87. The first-order valence-corrected chi connectivity index (χ1v) is 6.29. The summed E-state index contributed by atoms with van der Waals surface area (Å²) in [4.78, 5) is 12.8. The lowest BCUT2D eigenvalue weighted by molar-refractivity contribution is -0.322. The summed E-state index contributed by atoms with van der Waals surface area (Å²) in [6, 6.07) is 0.815. The molecule has 0 heterocycles. The van der Waals surface area contributed by atoms with Crippen molar-refractivity contribution in [2.75, 3.05) is 28.4 Å². The van der Waals surface area contributed by atoms with Gasteiger partial charge in [-0.05, 0) is 6.04 Å². The maximum absolute atomic E-state index is 11.4. The fourth-order valence-corrected chi connectivity index (χ4v) is 2.48. The maximum atomic E-state index is 11.4. The summed E-state index contributed by atoms with van der Waals surface area (Å²) in [6.45, 7) is 1.46. The Bertz CT molecular complexity index is 204. The second-order valence-electron chi connectivity index (χ2n) is 3.25. The highest BCUT2D eigenvalue weighted by Gasteiger charge is 2.44. The van der Waals surface area contributed by atoms with Gasteiger partial charge >= 0.3 is 0 Å². The van der Waals surface area contributed by atoms with Crippen molar-refractivity contribution in [3.05, 3.63) is 0 Å². The van der Waals surface area contributed by atoms with Crippen LogP contribution in [0.15, 0.2) is 0 Å². The molecule has 0 aliphatic heterocycles. The van der Waals surface area contributed by atoms with Crippen LogP contribution in [-0.2, 0) is 19.0 Å². The molecule has 1 unspecified atom stereocenters. The van der Waals surface area contributed by atoms with Crippen molar-refractivity contribution in [2.24, 2.45) is 0 Å². The van der Waals surface area contributed by atoms with Crippen LogP contribution in [0.1, 0.15) is 6.92 Å². The molecule has 0 spiro atoms.